The van der Waals surface area contributed by atoms with Crippen LogP contribution in [-0.2, 0) is 0 Å². The second-order valence-corrected chi connectivity index (χ2v) is 4.52. The average molecular weight is 220 g/mol. The molecule has 0 aliphatic rings. The van der Waals surface area contributed by atoms with E-state index in [9.17, 15) is 0 Å². The molecule has 2 nitrogen and oxygen atoms in total. The highest BCUT2D eigenvalue weighted by atomic mass is 14.9. The molecule has 0 radical (unpaired) electrons. The van der Waals surface area contributed by atoms with Crippen molar-refractivity contribution in [3.8, 4) is 0 Å². The third kappa shape index (κ3) is 5.06. The minimum Gasteiger partial charge on any atom is -0.399 e. The van der Waals surface area contributed by atoms with Crippen molar-refractivity contribution < 1.29 is 0 Å². The highest BCUT2D eigenvalue weighted by Crippen LogP contribution is 2.15. The smallest absolute Gasteiger partial charge is 0.0362 e. The number of hydrogen-bond acceptors (Lipinski definition) is 2. The van der Waals surface area contributed by atoms with Gasteiger partial charge in [0.15, 0.2) is 0 Å². The number of nitrogens with one attached hydrogen (secondary N) is 1. The van der Waals surface area contributed by atoms with Crippen molar-refractivity contribution in [3.05, 3.63) is 24.3 Å². The first-order chi connectivity index (χ1) is 7.72. The maximum atomic E-state index is 5.73. The second-order valence-electron chi connectivity index (χ2n) is 4.52. The predicted molar refractivity (Wildman–Crippen MR) is 72.7 cm³/mol. The van der Waals surface area contributed by atoms with Crippen LogP contribution in [0.2, 0.25) is 0 Å². The van der Waals surface area contributed by atoms with E-state index in [0.717, 1.165) is 11.4 Å². The fourth-order valence-corrected chi connectivity index (χ4v) is 1.86. The maximum absolute atomic E-state index is 5.73. The molecular formula is C14H24N2. The number of benzene rings is 1. The lowest BCUT2D eigenvalue weighted by Gasteiger charge is -2.15. The van der Waals surface area contributed by atoms with Crippen molar-refractivity contribution >= 4 is 11.4 Å². The minimum absolute atomic E-state index is 0.527. The standard InChI is InChI=1S/C14H24N2/c1-3-4-5-6-8-12(2)16-14-10-7-9-13(15)11-14/h7,9-12,16H,3-6,8,15H2,1-2H3. The summed E-state index contributed by atoms with van der Waals surface area (Å²) < 4.78 is 0. The van der Waals surface area contributed by atoms with Gasteiger partial charge in [0, 0.05) is 17.4 Å². The van der Waals surface area contributed by atoms with Crippen LogP contribution in [-0.4, -0.2) is 6.04 Å². The molecule has 0 bridgehead atoms. The molecule has 1 atom stereocenters. The van der Waals surface area contributed by atoms with E-state index in [2.05, 4.69) is 25.2 Å². The summed E-state index contributed by atoms with van der Waals surface area (Å²) in [6, 6.07) is 8.48. The van der Waals surface area contributed by atoms with Gasteiger partial charge in [-0.1, -0.05) is 38.7 Å². The van der Waals surface area contributed by atoms with Crippen LogP contribution in [0.15, 0.2) is 24.3 Å². The molecule has 1 aromatic rings. The Labute approximate surface area is 99.2 Å². The third-order valence-corrected chi connectivity index (χ3v) is 2.79. The van der Waals surface area contributed by atoms with Crippen LogP contribution < -0.4 is 11.1 Å². The molecule has 0 aliphatic carbocycles. The largest absolute Gasteiger partial charge is 0.399 e. The number of nitrogen functional groups attached to an aromatic ring is 1. The molecule has 2 heteroatoms. The van der Waals surface area contributed by atoms with E-state index in [1.165, 1.54) is 32.1 Å². The van der Waals surface area contributed by atoms with E-state index in [1.807, 2.05) is 18.2 Å². The van der Waals surface area contributed by atoms with Gasteiger partial charge in [0.05, 0.1) is 0 Å². The molecule has 0 saturated carbocycles. The molecule has 0 amide bonds. The Morgan fingerprint density at radius 3 is 2.75 bits per heavy atom. The molecule has 0 heterocycles. The Hall–Kier alpha value is -1.18. The van der Waals surface area contributed by atoms with Gasteiger partial charge in [0.25, 0.3) is 0 Å². The number of nitrogens with two attached hydrogens (primary N) is 1. The highest BCUT2D eigenvalue weighted by Gasteiger charge is 2.01. The number of unbranched alkanes of at least 4 members (excludes halogenated alkanes) is 3. The zero-order valence-electron chi connectivity index (χ0n) is 10.5. The summed E-state index contributed by atoms with van der Waals surface area (Å²) >= 11 is 0. The number of rotatable bonds is 7. The van der Waals surface area contributed by atoms with Gasteiger partial charge in [-0.15, -0.1) is 0 Å². The van der Waals surface area contributed by atoms with Gasteiger partial charge in [-0.05, 0) is 31.5 Å². The van der Waals surface area contributed by atoms with Gasteiger partial charge in [-0.25, -0.2) is 0 Å². The van der Waals surface area contributed by atoms with Crippen LogP contribution in [0, 0.1) is 0 Å². The Bertz CT molecular complexity index is 297. The summed E-state index contributed by atoms with van der Waals surface area (Å²) in [6.45, 7) is 4.48. The first-order valence-electron chi connectivity index (χ1n) is 6.34. The lowest BCUT2D eigenvalue weighted by Crippen LogP contribution is -2.14. The normalized spacial score (nSPS) is 12.4. The fraction of sp³-hybridized carbons (Fsp3) is 0.571. The molecule has 1 unspecified atom stereocenters. The van der Waals surface area contributed by atoms with Gasteiger partial charge in [-0.3, -0.25) is 0 Å². The Kier molecular flexibility index (Phi) is 5.76. The van der Waals surface area contributed by atoms with E-state index in [4.69, 9.17) is 5.73 Å². The summed E-state index contributed by atoms with van der Waals surface area (Å²) in [6.07, 6.45) is 6.54. The SMILES string of the molecule is CCCCCCC(C)Nc1cccc(N)c1. The van der Waals surface area contributed by atoms with Crippen LogP contribution in [0.5, 0.6) is 0 Å². The Morgan fingerprint density at radius 1 is 1.25 bits per heavy atom. The number of hydrogen-bond donors (Lipinski definition) is 2. The molecule has 90 valence electrons. The molecule has 0 fully saturated rings. The molecule has 1 rings (SSSR count). The summed E-state index contributed by atoms with van der Waals surface area (Å²) in [5.41, 5.74) is 7.68. The Morgan fingerprint density at radius 2 is 2.06 bits per heavy atom. The molecule has 0 saturated heterocycles. The van der Waals surface area contributed by atoms with E-state index in [1.54, 1.807) is 0 Å². The van der Waals surface area contributed by atoms with Gasteiger partial charge in [0.2, 0.25) is 0 Å². The zero-order chi connectivity index (χ0) is 11.8. The van der Waals surface area contributed by atoms with Crippen molar-refractivity contribution in [2.45, 2.75) is 52.0 Å². The molecular weight excluding hydrogens is 196 g/mol. The van der Waals surface area contributed by atoms with Crippen molar-refractivity contribution in [2.24, 2.45) is 0 Å². The monoisotopic (exact) mass is 220 g/mol. The average Bonchev–Trinajstić information content (AvgIpc) is 2.24. The van der Waals surface area contributed by atoms with Crippen molar-refractivity contribution in [1.29, 1.82) is 0 Å². The van der Waals surface area contributed by atoms with E-state index < -0.39 is 0 Å². The maximum Gasteiger partial charge on any atom is 0.0362 e. The molecule has 1 aromatic carbocycles. The van der Waals surface area contributed by atoms with Gasteiger partial charge >= 0.3 is 0 Å². The lowest BCUT2D eigenvalue weighted by molar-refractivity contribution is 0.594. The van der Waals surface area contributed by atoms with Gasteiger partial charge in [-0.2, -0.15) is 0 Å². The van der Waals surface area contributed by atoms with Crippen LogP contribution in [0.4, 0.5) is 11.4 Å². The van der Waals surface area contributed by atoms with E-state index >= 15 is 0 Å². The third-order valence-electron chi connectivity index (χ3n) is 2.79. The topological polar surface area (TPSA) is 38.0 Å². The van der Waals surface area contributed by atoms with Crippen molar-refractivity contribution in [2.75, 3.05) is 11.1 Å². The summed E-state index contributed by atoms with van der Waals surface area (Å²) in [4.78, 5) is 0. The number of anilines is 2. The predicted octanol–water partition coefficient (Wildman–Crippen LogP) is 4.04. The summed E-state index contributed by atoms with van der Waals surface area (Å²) in [5.74, 6) is 0. The van der Waals surface area contributed by atoms with Gasteiger partial charge < -0.3 is 11.1 Å². The van der Waals surface area contributed by atoms with Gasteiger partial charge in [0.1, 0.15) is 0 Å². The Balaban J connectivity index is 2.25. The second kappa shape index (κ2) is 7.15. The van der Waals surface area contributed by atoms with E-state index in [0.29, 0.717) is 6.04 Å². The van der Waals surface area contributed by atoms with Crippen LogP contribution in [0.3, 0.4) is 0 Å². The molecule has 0 aliphatic heterocycles. The minimum atomic E-state index is 0.527. The lowest BCUT2D eigenvalue weighted by atomic mass is 10.1. The molecule has 0 aromatic heterocycles. The molecule has 0 spiro atoms. The summed E-state index contributed by atoms with van der Waals surface area (Å²) in [5, 5.41) is 3.48. The van der Waals surface area contributed by atoms with Crippen LogP contribution in [0.25, 0.3) is 0 Å². The van der Waals surface area contributed by atoms with Crippen molar-refractivity contribution in [3.63, 3.8) is 0 Å². The first-order valence-corrected chi connectivity index (χ1v) is 6.34. The molecule has 3 N–H and O–H groups in total. The zero-order valence-corrected chi connectivity index (χ0v) is 10.5. The summed E-state index contributed by atoms with van der Waals surface area (Å²) in [7, 11) is 0. The highest BCUT2D eigenvalue weighted by molar-refractivity contribution is 5.54. The quantitative estimate of drug-likeness (QED) is 0.537. The molecule has 16 heavy (non-hydrogen) atoms. The van der Waals surface area contributed by atoms with Crippen molar-refractivity contribution in [1.82, 2.24) is 0 Å². The fourth-order valence-electron chi connectivity index (χ4n) is 1.86. The van der Waals surface area contributed by atoms with Crippen LogP contribution >= 0.6 is 0 Å². The van der Waals surface area contributed by atoms with Crippen LogP contribution in [0.1, 0.15) is 46.0 Å². The van der Waals surface area contributed by atoms with E-state index in [-0.39, 0.29) is 0 Å². The first kappa shape index (κ1) is 12.9.